The fourth-order valence-electron chi connectivity index (χ4n) is 9.16. The fourth-order valence-corrected chi connectivity index (χ4v) is 9.57. The average molecular weight is 711 g/mol. The number of rotatable bonds is 15. The molecule has 1 aromatic carbocycles. The van der Waals surface area contributed by atoms with Crippen LogP contribution in [0.5, 0.6) is 0 Å². The van der Waals surface area contributed by atoms with E-state index in [1.807, 2.05) is 31.2 Å². The van der Waals surface area contributed by atoms with Gasteiger partial charge in [-0.1, -0.05) is 25.5 Å². The molecule has 1 saturated carbocycles. The molecule has 2 bridgehead atoms. The van der Waals surface area contributed by atoms with E-state index in [0.29, 0.717) is 48.5 Å². The zero-order valence-corrected chi connectivity index (χ0v) is 30.5. The monoisotopic (exact) mass is 709 g/mol. The first-order chi connectivity index (χ1) is 23.2. The van der Waals surface area contributed by atoms with Crippen LogP contribution in [-0.2, 0) is 35.2 Å². The van der Waals surface area contributed by atoms with Crippen LogP contribution in [0.3, 0.4) is 0 Å². The molecule has 7 rings (SSSR count). The first-order valence-electron chi connectivity index (χ1n) is 18.5. The first-order valence-corrected chi connectivity index (χ1v) is 19.6. The predicted molar refractivity (Wildman–Crippen MR) is 188 cm³/mol. The van der Waals surface area contributed by atoms with Crippen molar-refractivity contribution in [3.8, 4) is 0 Å². The highest BCUT2D eigenvalue weighted by Crippen LogP contribution is 2.59. The number of alkyl halides is 2. The quantitative estimate of drug-likeness (QED) is 0.128. The summed E-state index contributed by atoms with van der Waals surface area (Å²) < 4.78 is 18.9. The highest BCUT2D eigenvalue weighted by molar-refractivity contribution is 6.18. The molecule has 0 amide bonds. The Balaban J connectivity index is 0.875. The molecule has 8 unspecified atom stereocenters. The molecule has 1 aromatic rings. The van der Waals surface area contributed by atoms with E-state index in [1.54, 1.807) is 0 Å². The molecule has 8 atom stereocenters. The van der Waals surface area contributed by atoms with Gasteiger partial charge in [0.25, 0.3) is 0 Å². The molecule has 1 spiro atoms. The van der Waals surface area contributed by atoms with E-state index in [4.69, 9.17) is 52.9 Å². The number of hydrogen-bond donors (Lipinski definition) is 1. The van der Waals surface area contributed by atoms with Gasteiger partial charge < -0.3 is 29.7 Å². The largest absolute Gasteiger partial charge is 0.465 e. The summed E-state index contributed by atoms with van der Waals surface area (Å²) in [5.41, 5.74) is 7.84. The smallest absolute Gasteiger partial charge is 0.323 e. The lowest BCUT2D eigenvalue weighted by Gasteiger charge is -2.59. The molecule has 5 heterocycles. The van der Waals surface area contributed by atoms with Gasteiger partial charge in [-0.2, -0.15) is 0 Å². The third kappa shape index (κ3) is 8.14. The summed E-state index contributed by atoms with van der Waals surface area (Å²) in [6.07, 6.45) is 11.1. The number of benzene rings is 1. The van der Waals surface area contributed by atoms with Crippen molar-refractivity contribution in [3.63, 3.8) is 0 Å². The lowest BCUT2D eigenvalue weighted by molar-refractivity contribution is -0.569. The Morgan fingerprint density at radius 3 is 2.54 bits per heavy atom. The second kappa shape index (κ2) is 16.4. The zero-order chi connectivity index (χ0) is 33.7. The van der Waals surface area contributed by atoms with E-state index >= 15 is 0 Å². The lowest BCUT2D eigenvalue weighted by Crippen LogP contribution is -2.69. The Morgan fingerprint density at radius 1 is 1.06 bits per heavy atom. The van der Waals surface area contributed by atoms with Crippen molar-refractivity contribution in [1.82, 2.24) is 4.90 Å². The molecule has 270 valence electrons. The molecule has 6 aliphatic rings. The maximum atomic E-state index is 12.6. The second-order valence-electron chi connectivity index (χ2n) is 15.1. The van der Waals surface area contributed by atoms with E-state index in [-0.39, 0.29) is 18.4 Å². The summed E-state index contributed by atoms with van der Waals surface area (Å²) >= 11 is 11.9. The maximum Gasteiger partial charge on any atom is 0.323 e. The van der Waals surface area contributed by atoms with Crippen LogP contribution in [0.25, 0.3) is 0 Å². The number of nitrogens with two attached hydrogens (primary N) is 1. The van der Waals surface area contributed by atoms with Crippen molar-refractivity contribution in [2.45, 2.75) is 114 Å². The van der Waals surface area contributed by atoms with Crippen molar-refractivity contribution < 1.29 is 28.8 Å². The van der Waals surface area contributed by atoms with Gasteiger partial charge in [-0.15, -0.1) is 23.2 Å². The van der Waals surface area contributed by atoms with Gasteiger partial charge in [0, 0.05) is 42.9 Å². The van der Waals surface area contributed by atoms with Crippen LogP contribution >= 0.6 is 23.2 Å². The Morgan fingerprint density at radius 2 is 1.81 bits per heavy atom. The topological polar surface area (TPSA) is 95.7 Å². The third-order valence-electron chi connectivity index (χ3n) is 12.0. The molecule has 5 aliphatic heterocycles. The van der Waals surface area contributed by atoms with Crippen LogP contribution < -0.4 is 10.6 Å². The first kappa shape index (κ1) is 36.6. The number of hydrogen-bond acceptors (Lipinski definition) is 9. The van der Waals surface area contributed by atoms with Crippen LogP contribution in [-0.4, -0.2) is 91.8 Å². The van der Waals surface area contributed by atoms with E-state index < -0.39 is 17.4 Å². The van der Waals surface area contributed by atoms with Crippen molar-refractivity contribution in [1.29, 1.82) is 0 Å². The summed E-state index contributed by atoms with van der Waals surface area (Å²) in [5.74, 6) is 1.89. The molecule has 1 aliphatic carbocycles. The standard InChI is InChI=1S/C37H57Cl2N3O6/c1-26-31-6-3-5-29-12-16-36(2)46-35(37(29,31)48-47-36)45-33(26)7-4-19-41-20-13-27(14-21-41)15-24-44-34(43)32(40)25-28-8-10-30(11-9-28)42(22-17-38)23-18-39/h8-11,26-27,29,31-33,35H,3-7,12-25,40H2,1-2H3. The fraction of sp³-hybridized carbons (Fsp3) is 0.811. The van der Waals surface area contributed by atoms with Crippen molar-refractivity contribution in [3.05, 3.63) is 29.8 Å². The molecular weight excluding hydrogens is 653 g/mol. The molecule has 6 fully saturated rings. The number of fused-ring (bicyclic) bond motifs is 2. The van der Waals surface area contributed by atoms with Gasteiger partial charge in [0.1, 0.15) is 6.04 Å². The van der Waals surface area contributed by atoms with E-state index in [2.05, 4.69) is 16.7 Å². The molecule has 9 nitrogen and oxygen atoms in total. The molecular formula is C37H57Cl2N3O6. The highest BCUT2D eigenvalue weighted by Gasteiger charge is 2.67. The Bertz CT molecular complexity index is 1180. The second-order valence-corrected chi connectivity index (χ2v) is 15.9. The van der Waals surface area contributed by atoms with Crippen LogP contribution in [0.1, 0.15) is 83.6 Å². The van der Waals surface area contributed by atoms with Gasteiger partial charge >= 0.3 is 5.97 Å². The SMILES string of the molecule is CC1C(CCCN2CCC(CCOC(=O)C(N)Cc3ccc(N(CCCl)CCCl)cc3)CC2)OC2OC3(C)CCC4CCCC1C42OO3. The van der Waals surface area contributed by atoms with Gasteiger partial charge in [0.15, 0.2) is 11.9 Å². The number of halogens is 2. The number of esters is 1. The molecule has 11 heteroatoms. The summed E-state index contributed by atoms with van der Waals surface area (Å²) in [6, 6.07) is 7.41. The number of piperidine rings is 1. The summed E-state index contributed by atoms with van der Waals surface area (Å²) in [6.45, 7) is 9.51. The van der Waals surface area contributed by atoms with Crippen LogP contribution in [0.4, 0.5) is 5.69 Å². The van der Waals surface area contributed by atoms with Crippen LogP contribution in [0.15, 0.2) is 24.3 Å². The normalized spacial score (nSPS) is 34.3. The third-order valence-corrected chi connectivity index (χ3v) is 12.4. The molecule has 2 N–H and O–H groups in total. The minimum absolute atomic E-state index is 0.182. The molecule has 0 radical (unpaired) electrons. The van der Waals surface area contributed by atoms with E-state index in [1.165, 1.54) is 12.8 Å². The van der Waals surface area contributed by atoms with Gasteiger partial charge in [0.05, 0.1) is 12.7 Å². The number of carbonyl (C=O) groups excluding carboxylic acids is 1. The van der Waals surface area contributed by atoms with Crippen molar-refractivity contribution in [2.75, 3.05) is 56.0 Å². The predicted octanol–water partition coefficient (Wildman–Crippen LogP) is 6.27. The summed E-state index contributed by atoms with van der Waals surface area (Å²) in [7, 11) is 0. The van der Waals surface area contributed by atoms with E-state index in [0.717, 1.165) is 95.3 Å². The summed E-state index contributed by atoms with van der Waals surface area (Å²) in [5, 5.41) is 0. The number of anilines is 1. The van der Waals surface area contributed by atoms with E-state index in [9.17, 15) is 4.79 Å². The number of carbonyl (C=O) groups is 1. The van der Waals surface area contributed by atoms with Gasteiger partial charge in [-0.25, -0.2) is 9.78 Å². The van der Waals surface area contributed by atoms with Crippen molar-refractivity contribution in [2.24, 2.45) is 29.4 Å². The maximum absolute atomic E-state index is 12.6. The van der Waals surface area contributed by atoms with Gasteiger partial charge in [-0.3, -0.25) is 4.79 Å². The Hall–Kier alpha value is -1.17. The number of ether oxygens (including phenoxy) is 3. The minimum atomic E-state index is -0.706. The Labute approximate surface area is 297 Å². The summed E-state index contributed by atoms with van der Waals surface area (Å²) in [4.78, 5) is 29.5. The van der Waals surface area contributed by atoms with Crippen LogP contribution in [0, 0.1) is 23.7 Å². The number of nitrogens with zero attached hydrogens (tertiary/aromatic N) is 2. The zero-order valence-electron chi connectivity index (χ0n) is 29.0. The number of likely N-dealkylation sites (tertiary alicyclic amines) is 1. The van der Waals surface area contributed by atoms with Gasteiger partial charge in [0.2, 0.25) is 5.79 Å². The average Bonchev–Trinajstić information content (AvgIpc) is 3.32. The van der Waals surface area contributed by atoms with Crippen LogP contribution in [0.2, 0.25) is 0 Å². The lowest BCUT2D eigenvalue weighted by atomic mass is 9.60. The Kier molecular flexibility index (Phi) is 12.5. The molecule has 0 aromatic heterocycles. The highest BCUT2D eigenvalue weighted by atomic mass is 35.5. The van der Waals surface area contributed by atoms with Crippen molar-refractivity contribution >= 4 is 34.9 Å². The minimum Gasteiger partial charge on any atom is -0.465 e. The molecule has 48 heavy (non-hydrogen) atoms. The molecule has 5 saturated heterocycles. The van der Waals surface area contributed by atoms with Gasteiger partial charge in [-0.05, 0) is 120 Å².